The van der Waals surface area contributed by atoms with E-state index in [0.29, 0.717) is 16.9 Å². The minimum absolute atomic E-state index is 0.0695. The lowest BCUT2D eigenvalue weighted by Gasteiger charge is -2.39. The Morgan fingerprint density at radius 1 is 1.10 bits per heavy atom. The second-order valence-corrected chi connectivity index (χ2v) is 10.8. The molecule has 0 unspecified atom stereocenters. The molecular formula is C22H34N2O4S. The first kappa shape index (κ1) is 23.5. The number of hydrogen-bond donors (Lipinski definition) is 1. The minimum atomic E-state index is -3.79. The quantitative estimate of drug-likeness (QED) is 0.649. The van der Waals surface area contributed by atoms with E-state index in [0.717, 1.165) is 36.4 Å². The number of rotatable bonds is 8. The summed E-state index contributed by atoms with van der Waals surface area (Å²) in [5, 5.41) is 3.00. The number of hydrogen-bond acceptors (Lipinski definition) is 4. The van der Waals surface area contributed by atoms with Crippen LogP contribution < -0.4 is 5.32 Å². The molecule has 0 spiro atoms. The van der Waals surface area contributed by atoms with Crippen molar-refractivity contribution in [1.29, 1.82) is 0 Å². The number of amides is 1. The zero-order chi connectivity index (χ0) is 21.8. The van der Waals surface area contributed by atoms with Crippen LogP contribution in [0.2, 0.25) is 0 Å². The van der Waals surface area contributed by atoms with Crippen LogP contribution in [-0.2, 0) is 14.8 Å². The van der Waals surface area contributed by atoms with Gasteiger partial charge >= 0.3 is 0 Å². The van der Waals surface area contributed by atoms with Crippen molar-refractivity contribution in [2.24, 2.45) is 11.3 Å². The average molecular weight is 423 g/mol. The lowest BCUT2D eigenvalue weighted by Crippen LogP contribution is -2.44. The molecule has 1 aliphatic carbocycles. The van der Waals surface area contributed by atoms with Crippen LogP contribution in [0.5, 0.6) is 0 Å². The average Bonchev–Trinajstić information content (AvgIpc) is 2.68. The van der Waals surface area contributed by atoms with Crippen LogP contribution in [0.25, 0.3) is 0 Å². The molecule has 0 heterocycles. The maximum atomic E-state index is 12.7. The molecule has 1 saturated carbocycles. The molecule has 1 amide bonds. The summed E-state index contributed by atoms with van der Waals surface area (Å²) in [6, 6.07) is 5.88. The van der Waals surface area contributed by atoms with Crippen LogP contribution in [0, 0.1) is 11.3 Å². The third-order valence-corrected chi connectivity index (χ3v) is 8.26. The van der Waals surface area contributed by atoms with E-state index in [-0.39, 0.29) is 29.2 Å². The molecule has 1 aromatic rings. The first-order chi connectivity index (χ1) is 13.5. The van der Waals surface area contributed by atoms with Gasteiger partial charge < -0.3 is 5.32 Å². The number of carbonyl (C=O) groups excluding carboxylic acids is 2. The Kier molecular flexibility index (Phi) is 7.62. The number of Topliss-reactive ketones (excluding diaryl/α,β-unsaturated/α-hetero) is 1. The maximum Gasteiger partial charge on any atom is 0.243 e. The molecule has 0 aromatic heterocycles. The van der Waals surface area contributed by atoms with Gasteiger partial charge in [-0.25, -0.2) is 8.42 Å². The molecule has 1 aromatic carbocycles. The lowest BCUT2D eigenvalue weighted by molar-refractivity contribution is -0.122. The number of benzene rings is 1. The Morgan fingerprint density at radius 2 is 1.66 bits per heavy atom. The van der Waals surface area contributed by atoms with Crippen LogP contribution >= 0.6 is 0 Å². The molecule has 1 fully saturated rings. The van der Waals surface area contributed by atoms with Gasteiger partial charge in [-0.15, -0.1) is 0 Å². The van der Waals surface area contributed by atoms with Gasteiger partial charge in [-0.05, 0) is 56.1 Å². The number of likely N-dealkylation sites (N-methyl/N-ethyl adjacent to an activating group) is 1. The largest absolute Gasteiger partial charge is 0.352 e. The van der Waals surface area contributed by atoms with Crippen LogP contribution in [0.15, 0.2) is 29.2 Å². The van der Waals surface area contributed by atoms with Crippen molar-refractivity contribution in [2.45, 2.75) is 70.7 Å². The van der Waals surface area contributed by atoms with Gasteiger partial charge in [-0.2, -0.15) is 4.31 Å². The number of nitrogens with zero attached hydrogens (tertiary/aromatic N) is 1. The molecule has 162 valence electrons. The Bertz CT molecular complexity index is 823. The molecule has 0 saturated heterocycles. The molecule has 0 atom stereocenters. The van der Waals surface area contributed by atoms with Gasteiger partial charge in [0.15, 0.2) is 5.78 Å². The second kappa shape index (κ2) is 9.39. The SMILES string of the molecule is CCC(C)(C)C1CCC(NC(=O)CN(C)S(=O)(=O)c2ccc(C(C)=O)cc2)CC1. The van der Waals surface area contributed by atoms with E-state index in [1.165, 1.54) is 38.2 Å². The van der Waals surface area contributed by atoms with E-state index >= 15 is 0 Å². The summed E-state index contributed by atoms with van der Waals surface area (Å²) in [5.41, 5.74) is 0.771. The van der Waals surface area contributed by atoms with Gasteiger partial charge in [0.1, 0.15) is 0 Å². The van der Waals surface area contributed by atoms with Crippen molar-refractivity contribution in [1.82, 2.24) is 9.62 Å². The fourth-order valence-electron chi connectivity index (χ4n) is 3.91. The Balaban J connectivity index is 1.91. The molecule has 6 nitrogen and oxygen atoms in total. The summed E-state index contributed by atoms with van der Waals surface area (Å²) in [4.78, 5) is 23.8. The third kappa shape index (κ3) is 5.89. The maximum absolute atomic E-state index is 12.7. The van der Waals surface area contributed by atoms with Crippen molar-refractivity contribution in [3.63, 3.8) is 0 Å². The third-order valence-electron chi connectivity index (χ3n) is 6.44. The topological polar surface area (TPSA) is 83.6 Å². The molecule has 0 aliphatic heterocycles. The fraction of sp³-hybridized carbons (Fsp3) is 0.636. The van der Waals surface area contributed by atoms with Gasteiger partial charge in [-0.1, -0.05) is 39.3 Å². The van der Waals surface area contributed by atoms with Crippen LogP contribution in [-0.4, -0.2) is 44.0 Å². The summed E-state index contributed by atoms with van der Waals surface area (Å²) in [5.74, 6) is 0.259. The fourth-order valence-corrected chi connectivity index (χ4v) is 5.04. The van der Waals surface area contributed by atoms with Crippen LogP contribution in [0.1, 0.15) is 70.2 Å². The summed E-state index contributed by atoms with van der Waals surface area (Å²) in [7, 11) is -2.39. The Morgan fingerprint density at radius 3 is 2.14 bits per heavy atom. The van der Waals surface area contributed by atoms with E-state index in [4.69, 9.17) is 0 Å². The van der Waals surface area contributed by atoms with E-state index in [1.807, 2.05) is 0 Å². The highest BCUT2D eigenvalue weighted by molar-refractivity contribution is 7.89. The molecule has 2 rings (SSSR count). The highest BCUT2D eigenvalue weighted by atomic mass is 32.2. The van der Waals surface area contributed by atoms with E-state index < -0.39 is 10.0 Å². The zero-order valence-corrected chi connectivity index (χ0v) is 19.0. The van der Waals surface area contributed by atoms with Gasteiger partial charge in [0, 0.05) is 18.7 Å². The van der Waals surface area contributed by atoms with E-state index in [2.05, 4.69) is 26.1 Å². The Labute approximate surface area is 175 Å². The number of nitrogens with one attached hydrogen (secondary N) is 1. The zero-order valence-electron chi connectivity index (χ0n) is 18.2. The summed E-state index contributed by atoms with van der Waals surface area (Å²) >= 11 is 0. The summed E-state index contributed by atoms with van der Waals surface area (Å²) in [6.07, 6.45) is 5.18. The minimum Gasteiger partial charge on any atom is -0.352 e. The van der Waals surface area contributed by atoms with Gasteiger partial charge in [0.25, 0.3) is 0 Å². The van der Waals surface area contributed by atoms with Gasteiger partial charge in [0.2, 0.25) is 15.9 Å². The highest BCUT2D eigenvalue weighted by Gasteiger charge is 2.32. The van der Waals surface area contributed by atoms with Gasteiger partial charge in [0.05, 0.1) is 11.4 Å². The van der Waals surface area contributed by atoms with Crippen molar-refractivity contribution >= 4 is 21.7 Å². The molecule has 0 radical (unpaired) electrons. The van der Waals surface area contributed by atoms with Gasteiger partial charge in [-0.3, -0.25) is 9.59 Å². The number of carbonyl (C=O) groups is 2. The van der Waals surface area contributed by atoms with Crippen LogP contribution in [0.3, 0.4) is 0 Å². The molecule has 7 heteroatoms. The molecule has 29 heavy (non-hydrogen) atoms. The lowest BCUT2D eigenvalue weighted by atomic mass is 9.69. The highest BCUT2D eigenvalue weighted by Crippen LogP contribution is 2.40. The molecular weight excluding hydrogens is 388 g/mol. The number of sulfonamides is 1. The van der Waals surface area contributed by atoms with Crippen molar-refractivity contribution in [3.8, 4) is 0 Å². The van der Waals surface area contributed by atoms with Crippen molar-refractivity contribution in [2.75, 3.05) is 13.6 Å². The first-order valence-corrected chi connectivity index (χ1v) is 11.8. The van der Waals surface area contributed by atoms with Crippen molar-refractivity contribution < 1.29 is 18.0 Å². The normalized spacial score (nSPS) is 20.5. The van der Waals surface area contributed by atoms with Crippen LogP contribution in [0.4, 0.5) is 0 Å². The van der Waals surface area contributed by atoms with E-state index in [9.17, 15) is 18.0 Å². The molecule has 0 bridgehead atoms. The van der Waals surface area contributed by atoms with E-state index in [1.54, 1.807) is 0 Å². The molecule has 1 N–H and O–H groups in total. The monoisotopic (exact) mass is 422 g/mol. The first-order valence-electron chi connectivity index (χ1n) is 10.3. The summed E-state index contributed by atoms with van der Waals surface area (Å²) < 4.78 is 26.4. The molecule has 1 aliphatic rings. The Hall–Kier alpha value is -1.73. The number of ketones is 1. The standard InChI is InChI=1S/C22H34N2O4S/c1-6-22(3,4)18-9-11-19(12-10-18)23-21(26)15-24(5)29(27,28)20-13-7-17(8-14-20)16(2)25/h7-8,13-14,18-19H,6,9-12,15H2,1-5H3,(H,23,26). The van der Waals surface area contributed by atoms with Crippen molar-refractivity contribution in [3.05, 3.63) is 29.8 Å². The predicted octanol–water partition coefficient (Wildman–Crippen LogP) is 3.62. The second-order valence-electron chi connectivity index (χ2n) is 8.80. The predicted molar refractivity (Wildman–Crippen MR) is 114 cm³/mol. The summed E-state index contributed by atoms with van der Waals surface area (Å²) in [6.45, 7) is 8.03. The smallest absolute Gasteiger partial charge is 0.243 e.